The van der Waals surface area contributed by atoms with Crippen LogP contribution in [-0.2, 0) is 31.1 Å². The molecule has 4 atom stereocenters. The van der Waals surface area contributed by atoms with Gasteiger partial charge >= 0.3 is 0 Å². The maximum Gasteiger partial charge on any atom is 0.250 e. The highest BCUT2D eigenvalue weighted by atomic mass is 35.5. The van der Waals surface area contributed by atoms with Crippen LogP contribution in [0.2, 0.25) is 5.02 Å². The fraction of sp³-hybridized carbons (Fsp3) is 0.375. The lowest BCUT2D eigenvalue weighted by atomic mass is 9.76. The molecule has 4 unspecified atom stereocenters. The van der Waals surface area contributed by atoms with Gasteiger partial charge in [0.05, 0.1) is 22.5 Å². The van der Waals surface area contributed by atoms with Crippen molar-refractivity contribution < 1.29 is 29.3 Å². The Hall–Kier alpha value is -3.14. The van der Waals surface area contributed by atoms with Crippen molar-refractivity contribution in [3.05, 3.63) is 52.5 Å². The molecule has 0 bridgehead atoms. The van der Waals surface area contributed by atoms with Crippen LogP contribution in [0.25, 0.3) is 0 Å². The molecule has 2 fully saturated rings. The average Bonchev–Trinajstić information content (AvgIpc) is 3.38. The summed E-state index contributed by atoms with van der Waals surface area (Å²) in [6.07, 6.45) is 0.740. The summed E-state index contributed by atoms with van der Waals surface area (Å²) in [5.74, 6) is -3.45. The number of benzene rings is 2. The van der Waals surface area contributed by atoms with Gasteiger partial charge in [-0.05, 0) is 36.6 Å². The Balaban J connectivity index is 1.58. The Kier molecular flexibility index (Phi) is 5.50. The van der Waals surface area contributed by atoms with Gasteiger partial charge in [-0.2, -0.15) is 0 Å². The molecule has 2 aromatic carbocycles. The number of halogens is 1. The summed E-state index contributed by atoms with van der Waals surface area (Å²) in [7, 11) is 1.55. The standard InChI is InChI=1S/C24H24ClN3O6/c1-34-9-3-8-28-21(31)18-15(10-12-6-7-16(29)17(30)11-12)27-24(19(18)22(28)32)13-4-2-5-14(25)20(13)26-23(24)33/h2,4-7,11,15,18-19,27,29-30H,3,8-10H2,1H3,(H,26,33). The van der Waals surface area contributed by atoms with Gasteiger partial charge in [0.1, 0.15) is 5.54 Å². The highest BCUT2D eigenvalue weighted by Gasteiger charge is 2.70. The van der Waals surface area contributed by atoms with Crippen LogP contribution in [0.15, 0.2) is 36.4 Å². The van der Waals surface area contributed by atoms with Crippen molar-refractivity contribution in [2.75, 3.05) is 25.6 Å². The zero-order chi connectivity index (χ0) is 24.2. The van der Waals surface area contributed by atoms with Crippen LogP contribution >= 0.6 is 11.6 Å². The van der Waals surface area contributed by atoms with E-state index in [0.717, 1.165) is 0 Å². The van der Waals surface area contributed by atoms with Crippen molar-refractivity contribution in [1.82, 2.24) is 10.2 Å². The lowest BCUT2D eigenvalue weighted by Gasteiger charge is -2.29. The third-order valence-corrected chi connectivity index (χ3v) is 7.33. The number of anilines is 1. The minimum Gasteiger partial charge on any atom is -0.504 e. The SMILES string of the molecule is COCCCN1C(=O)C2C(Cc3ccc(O)c(O)c3)NC3(C(=O)Nc4c(Cl)cccc43)C2C1=O. The molecule has 0 radical (unpaired) electrons. The van der Waals surface area contributed by atoms with Gasteiger partial charge in [-0.15, -0.1) is 0 Å². The summed E-state index contributed by atoms with van der Waals surface area (Å²) < 4.78 is 5.07. The smallest absolute Gasteiger partial charge is 0.250 e. The van der Waals surface area contributed by atoms with Crippen LogP contribution < -0.4 is 10.6 Å². The topological polar surface area (TPSA) is 128 Å². The molecule has 4 N–H and O–H groups in total. The summed E-state index contributed by atoms with van der Waals surface area (Å²) in [4.78, 5) is 41.8. The first-order chi connectivity index (χ1) is 16.3. The number of methoxy groups -OCH3 is 1. The lowest BCUT2D eigenvalue weighted by molar-refractivity contribution is -0.143. The Labute approximate surface area is 200 Å². The molecule has 34 heavy (non-hydrogen) atoms. The Morgan fingerprint density at radius 1 is 1.12 bits per heavy atom. The van der Waals surface area contributed by atoms with Crippen molar-refractivity contribution in [3.8, 4) is 11.5 Å². The van der Waals surface area contributed by atoms with E-state index in [2.05, 4.69) is 10.6 Å². The number of aromatic hydroxyl groups is 2. The number of fused-ring (bicyclic) bond motifs is 4. The first kappa shape index (κ1) is 22.6. The molecule has 178 valence electrons. The van der Waals surface area contributed by atoms with Gasteiger partial charge in [-0.25, -0.2) is 0 Å². The normalized spacial score (nSPS) is 27.4. The number of nitrogens with zero attached hydrogens (tertiary/aromatic N) is 1. The second-order valence-electron chi connectivity index (χ2n) is 8.88. The predicted octanol–water partition coefficient (Wildman–Crippen LogP) is 1.75. The first-order valence-corrected chi connectivity index (χ1v) is 11.4. The van der Waals surface area contributed by atoms with Gasteiger partial charge in [0.25, 0.3) is 0 Å². The summed E-state index contributed by atoms with van der Waals surface area (Å²) in [6, 6.07) is 8.94. The number of carbonyl (C=O) groups is 3. The van der Waals surface area contributed by atoms with E-state index in [1.54, 1.807) is 31.4 Å². The molecule has 3 heterocycles. The van der Waals surface area contributed by atoms with Crippen LogP contribution in [0, 0.1) is 11.8 Å². The highest BCUT2D eigenvalue weighted by Crippen LogP contribution is 2.54. The summed E-state index contributed by atoms with van der Waals surface area (Å²) in [5.41, 5.74) is 0.167. The molecule has 2 aromatic rings. The van der Waals surface area contributed by atoms with Crippen LogP contribution in [0.3, 0.4) is 0 Å². The van der Waals surface area contributed by atoms with Crippen molar-refractivity contribution in [3.63, 3.8) is 0 Å². The summed E-state index contributed by atoms with van der Waals surface area (Å²) in [5, 5.41) is 26.1. The maximum absolute atomic E-state index is 13.6. The lowest BCUT2D eigenvalue weighted by Crippen LogP contribution is -2.53. The molecule has 3 aliphatic heterocycles. The zero-order valence-corrected chi connectivity index (χ0v) is 19.1. The van der Waals surface area contributed by atoms with Crippen LogP contribution in [0.1, 0.15) is 17.5 Å². The number of carbonyl (C=O) groups excluding carboxylic acids is 3. The number of ether oxygens (including phenoxy) is 1. The van der Waals surface area contributed by atoms with Gasteiger partial charge in [-0.3, -0.25) is 24.6 Å². The van der Waals surface area contributed by atoms with Crippen LogP contribution in [0.5, 0.6) is 11.5 Å². The minimum absolute atomic E-state index is 0.200. The van der Waals surface area contributed by atoms with E-state index in [-0.39, 0.29) is 30.4 Å². The van der Waals surface area contributed by atoms with Crippen molar-refractivity contribution in [1.29, 1.82) is 0 Å². The van der Waals surface area contributed by atoms with Gasteiger partial charge in [0.15, 0.2) is 11.5 Å². The maximum atomic E-state index is 13.6. The second-order valence-corrected chi connectivity index (χ2v) is 9.29. The van der Waals surface area contributed by atoms with Crippen LogP contribution in [0.4, 0.5) is 5.69 Å². The van der Waals surface area contributed by atoms with Crippen LogP contribution in [-0.4, -0.2) is 59.1 Å². The fourth-order valence-corrected chi connectivity index (χ4v) is 5.79. The second kappa shape index (κ2) is 8.26. The molecule has 0 saturated carbocycles. The van der Waals surface area contributed by atoms with E-state index in [9.17, 15) is 24.6 Å². The molecule has 1 spiro atoms. The molecule has 3 aliphatic rings. The van der Waals surface area contributed by atoms with Gasteiger partial charge in [0.2, 0.25) is 17.7 Å². The molecular formula is C24H24ClN3O6. The fourth-order valence-electron chi connectivity index (χ4n) is 5.57. The zero-order valence-electron chi connectivity index (χ0n) is 18.4. The number of imide groups is 1. The minimum atomic E-state index is -1.45. The van der Waals surface area contributed by atoms with E-state index in [1.165, 1.54) is 17.0 Å². The monoisotopic (exact) mass is 485 g/mol. The third kappa shape index (κ3) is 3.19. The molecule has 0 aromatic heterocycles. The first-order valence-electron chi connectivity index (χ1n) is 11.0. The number of likely N-dealkylation sites (tertiary alicyclic amines) is 1. The van der Waals surface area contributed by atoms with E-state index < -0.39 is 35.2 Å². The number of amides is 3. The summed E-state index contributed by atoms with van der Waals surface area (Å²) >= 11 is 6.35. The number of phenols is 2. The van der Waals surface area contributed by atoms with E-state index >= 15 is 0 Å². The molecule has 3 amide bonds. The van der Waals surface area contributed by atoms with Gasteiger partial charge in [-0.1, -0.05) is 29.8 Å². The summed E-state index contributed by atoms with van der Waals surface area (Å²) in [6.45, 7) is 0.594. The average molecular weight is 486 g/mol. The van der Waals surface area contributed by atoms with Gasteiger partial charge in [0, 0.05) is 31.9 Å². The van der Waals surface area contributed by atoms with Crippen molar-refractivity contribution >= 4 is 35.0 Å². The van der Waals surface area contributed by atoms with Gasteiger partial charge < -0.3 is 20.3 Å². The van der Waals surface area contributed by atoms with Crippen molar-refractivity contribution in [2.24, 2.45) is 11.8 Å². The number of hydrogen-bond acceptors (Lipinski definition) is 7. The molecule has 2 saturated heterocycles. The largest absolute Gasteiger partial charge is 0.504 e. The number of rotatable bonds is 6. The molecule has 0 aliphatic carbocycles. The Morgan fingerprint density at radius 2 is 1.91 bits per heavy atom. The number of nitrogens with one attached hydrogen (secondary N) is 2. The Morgan fingerprint density at radius 3 is 2.65 bits per heavy atom. The number of phenolic OH excluding ortho intramolecular Hbond substituents is 2. The molecule has 5 rings (SSSR count). The van der Waals surface area contributed by atoms with Crippen molar-refractivity contribution in [2.45, 2.75) is 24.4 Å². The molecular weight excluding hydrogens is 462 g/mol. The molecule has 10 heteroatoms. The number of para-hydroxylation sites is 1. The van der Waals surface area contributed by atoms with E-state index in [0.29, 0.717) is 34.9 Å². The predicted molar refractivity (Wildman–Crippen MR) is 122 cm³/mol. The van der Waals surface area contributed by atoms with E-state index in [4.69, 9.17) is 16.3 Å². The Bertz CT molecular complexity index is 1200. The highest BCUT2D eigenvalue weighted by molar-refractivity contribution is 6.35. The third-order valence-electron chi connectivity index (χ3n) is 7.02. The molecule has 9 nitrogen and oxygen atoms in total. The quantitative estimate of drug-likeness (QED) is 0.279. The number of hydrogen-bond donors (Lipinski definition) is 4. The van der Waals surface area contributed by atoms with E-state index in [1.807, 2.05) is 0 Å².